The molecule has 1 aliphatic rings. The molecular formula is C14H21NO3. The topological polar surface area (TPSA) is 53.7 Å². The van der Waals surface area contributed by atoms with Gasteiger partial charge in [-0.1, -0.05) is 0 Å². The first kappa shape index (κ1) is 13.0. The van der Waals surface area contributed by atoms with Crippen molar-refractivity contribution in [2.45, 2.75) is 38.3 Å². The Labute approximate surface area is 108 Å². The predicted octanol–water partition coefficient (Wildman–Crippen LogP) is 2.44. The summed E-state index contributed by atoms with van der Waals surface area (Å²) in [6, 6.07) is 3.80. The average molecular weight is 251 g/mol. The van der Waals surface area contributed by atoms with Crippen molar-refractivity contribution < 1.29 is 14.2 Å². The molecule has 1 aliphatic carbocycles. The van der Waals surface area contributed by atoms with Gasteiger partial charge in [0, 0.05) is 17.2 Å². The van der Waals surface area contributed by atoms with E-state index in [9.17, 15) is 0 Å². The average Bonchev–Trinajstić information content (AvgIpc) is 3.07. The largest absolute Gasteiger partial charge is 0.496 e. The van der Waals surface area contributed by atoms with E-state index >= 15 is 0 Å². The SMILES string of the molecule is COc1cc(C2(N)CC2)c(OC)cc1OC(C)C. The van der Waals surface area contributed by atoms with Gasteiger partial charge >= 0.3 is 0 Å². The predicted molar refractivity (Wildman–Crippen MR) is 70.4 cm³/mol. The number of hydrogen-bond donors (Lipinski definition) is 1. The molecule has 1 aromatic carbocycles. The molecule has 0 unspecified atom stereocenters. The molecule has 2 rings (SSSR count). The lowest BCUT2D eigenvalue weighted by Crippen LogP contribution is -2.20. The third-order valence-corrected chi connectivity index (χ3v) is 3.17. The maximum Gasteiger partial charge on any atom is 0.165 e. The minimum Gasteiger partial charge on any atom is -0.496 e. The zero-order valence-corrected chi connectivity index (χ0v) is 11.4. The molecule has 0 aliphatic heterocycles. The maximum absolute atomic E-state index is 6.24. The number of ether oxygens (including phenoxy) is 3. The maximum atomic E-state index is 6.24. The molecule has 1 saturated carbocycles. The smallest absolute Gasteiger partial charge is 0.165 e. The van der Waals surface area contributed by atoms with E-state index < -0.39 is 0 Å². The van der Waals surface area contributed by atoms with Crippen LogP contribution in [0.25, 0.3) is 0 Å². The van der Waals surface area contributed by atoms with Crippen LogP contribution in [0.5, 0.6) is 17.2 Å². The molecule has 1 aromatic rings. The number of nitrogens with two attached hydrogens (primary N) is 1. The molecule has 0 heterocycles. The highest BCUT2D eigenvalue weighted by molar-refractivity contribution is 5.54. The first-order valence-electron chi connectivity index (χ1n) is 6.22. The van der Waals surface area contributed by atoms with E-state index in [1.165, 1.54) is 0 Å². The monoisotopic (exact) mass is 251 g/mol. The summed E-state index contributed by atoms with van der Waals surface area (Å²) in [5, 5.41) is 0. The van der Waals surface area contributed by atoms with E-state index in [-0.39, 0.29) is 11.6 Å². The molecule has 100 valence electrons. The van der Waals surface area contributed by atoms with Crippen LogP contribution in [0.2, 0.25) is 0 Å². The highest BCUT2D eigenvalue weighted by atomic mass is 16.5. The van der Waals surface area contributed by atoms with Gasteiger partial charge in [0.1, 0.15) is 5.75 Å². The highest BCUT2D eigenvalue weighted by Gasteiger charge is 2.43. The van der Waals surface area contributed by atoms with Crippen LogP contribution >= 0.6 is 0 Å². The normalized spacial score (nSPS) is 16.6. The van der Waals surface area contributed by atoms with Crippen LogP contribution < -0.4 is 19.9 Å². The highest BCUT2D eigenvalue weighted by Crippen LogP contribution is 2.49. The molecule has 0 radical (unpaired) electrons. The van der Waals surface area contributed by atoms with Crippen molar-refractivity contribution in [3.63, 3.8) is 0 Å². The molecule has 0 bridgehead atoms. The van der Waals surface area contributed by atoms with E-state index in [0.717, 1.165) is 24.2 Å². The molecule has 1 fully saturated rings. The standard InChI is InChI=1S/C14H21NO3/c1-9(2)18-13-8-11(16-3)10(7-12(13)17-4)14(15)5-6-14/h7-9H,5-6,15H2,1-4H3. The Bertz CT molecular complexity index is 439. The molecule has 0 spiro atoms. The summed E-state index contributed by atoms with van der Waals surface area (Å²) in [4.78, 5) is 0. The van der Waals surface area contributed by atoms with E-state index in [4.69, 9.17) is 19.9 Å². The van der Waals surface area contributed by atoms with E-state index in [1.807, 2.05) is 26.0 Å². The van der Waals surface area contributed by atoms with Gasteiger partial charge in [0.05, 0.1) is 20.3 Å². The van der Waals surface area contributed by atoms with Gasteiger partial charge in [0.2, 0.25) is 0 Å². The third-order valence-electron chi connectivity index (χ3n) is 3.17. The molecule has 0 saturated heterocycles. The lowest BCUT2D eigenvalue weighted by atomic mass is 10.0. The summed E-state index contributed by atoms with van der Waals surface area (Å²) in [5.41, 5.74) is 6.99. The van der Waals surface area contributed by atoms with Gasteiger partial charge in [-0.3, -0.25) is 0 Å². The van der Waals surface area contributed by atoms with Crippen molar-refractivity contribution in [3.8, 4) is 17.2 Å². The number of methoxy groups -OCH3 is 2. The zero-order valence-electron chi connectivity index (χ0n) is 11.4. The minimum absolute atomic E-state index is 0.0854. The van der Waals surface area contributed by atoms with E-state index in [0.29, 0.717) is 11.5 Å². The lowest BCUT2D eigenvalue weighted by molar-refractivity contribution is 0.228. The van der Waals surface area contributed by atoms with Crippen LogP contribution in [-0.4, -0.2) is 20.3 Å². The Hall–Kier alpha value is -1.42. The van der Waals surface area contributed by atoms with Crippen molar-refractivity contribution in [2.75, 3.05) is 14.2 Å². The Kier molecular flexibility index (Phi) is 3.39. The fourth-order valence-electron chi connectivity index (χ4n) is 2.01. The fraction of sp³-hybridized carbons (Fsp3) is 0.571. The summed E-state index contributed by atoms with van der Waals surface area (Å²) in [5.74, 6) is 2.17. The van der Waals surface area contributed by atoms with E-state index in [1.54, 1.807) is 14.2 Å². The number of hydrogen-bond acceptors (Lipinski definition) is 4. The number of rotatable bonds is 5. The van der Waals surface area contributed by atoms with Crippen LogP contribution in [0.3, 0.4) is 0 Å². The molecule has 2 N–H and O–H groups in total. The molecule has 18 heavy (non-hydrogen) atoms. The molecule has 0 aromatic heterocycles. The van der Waals surface area contributed by atoms with Gasteiger partial charge in [-0.2, -0.15) is 0 Å². The molecule has 0 amide bonds. The summed E-state index contributed by atoms with van der Waals surface area (Å²) < 4.78 is 16.5. The minimum atomic E-state index is -0.255. The van der Waals surface area contributed by atoms with Crippen LogP contribution in [0.1, 0.15) is 32.3 Å². The van der Waals surface area contributed by atoms with Crippen LogP contribution in [0.15, 0.2) is 12.1 Å². The Morgan fingerprint density at radius 1 is 1.06 bits per heavy atom. The zero-order chi connectivity index (χ0) is 13.3. The summed E-state index contributed by atoms with van der Waals surface area (Å²) >= 11 is 0. The van der Waals surface area contributed by atoms with Crippen molar-refractivity contribution in [3.05, 3.63) is 17.7 Å². The Balaban J connectivity index is 2.44. The van der Waals surface area contributed by atoms with Crippen LogP contribution in [0, 0.1) is 0 Å². The summed E-state index contributed by atoms with van der Waals surface area (Å²) in [7, 11) is 3.28. The third kappa shape index (κ3) is 2.38. The second-order valence-corrected chi connectivity index (χ2v) is 5.03. The second-order valence-electron chi connectivity index (χ2n) is 5.03. The van der Waals surface area contributed by atoms with Gasteiger partial charge in [-0.05, 0) is 32.8 Å². The van der Waals surface area contributed by atoms with Crippen molar-refractivity contribution in [1.82, 2.24) is 0 Å². The van der Waals surface area contributed by atoms with Crippen molar-refractivity contribution in [1.29, 1.82) is 0 Å². The number of benzene rings is 1. The molecular weight excluding hydrogens is 230 g/mol. The van der Waals surface area contributed by atoms with Gasteiger partial charge in [0.15, 0.2) is 11.5 Å². The Morgan fingerprint density at radius 2 is 1.67 bits per heavy atom. The summed E-state index contributed by atoms with van der Waals surface area (Å²) in [6.07, 6.45) is 2.05. The van der Waals surface area contributed by atoms with Crippen molar-refractivity contribution >= 4 is 0 Å². The van der Waals surface area contributed by atoms with Gasteiger partial charge in [-0.25, -0.2) is 0 Å². The van der Waals surface area contributed by atoms with Gasteiger partial charge in [0.25, 0.3) is 0 Å². The fourth-order valence-corrected chi connectivity index (χ4v) is 2.01. The van der Waals surface area contributed by atoms with Gasteiger partial charge in [-0.15, -0.1) is 0 Å². The molecule has 4 heteroatoms. The van der Waals surface area contributed by atoms with E-state index in [2.05, 4.69) is 0 Å². The Morgan fingerprint density at radius 3 is 2.11 bits per heavy atom. The first-order valence-corrected chi connectivity index (χ1v) is 6.22. The van der Waals surface area contributed by atoms with Crippen molar-refractivity contribution in [2.24, 2.45) is 5.73 Å². The van der Waals surface area contributed by atoms with Gasteiger partial charge < -0.3 is 19.9 Å². The lowest BCUT2D eigenvalue weighted by Gasteiger charge is -2.19. The summed E-state index contributed by atoms with van der Waals surface area (Å²) in [6.45, 7) is 3.95. The molecule has 4 nitrogen and oxygen atoms in total. The van der Waals surface area contributed by atoms with Crippen LogP contribution in [-0.2, 0) is 5.54 Å². The van der Waals surface area contributed by atoms with Crippen LogP contribution in [0.4, 0.5) is 0 Å². The quantitative estimate of drug-likeness (QED) is 0.873. The second kappa shape index (κ2) is 4.69. The first-order chi connectivity index (χ1) is 8.50. The molecule has 0 atom stereocenters.